The van der Waals surface area contributed by atoms with Gasteiger partial charge >= 0.3 is 0 Å². The third-order valence-electron chi connectivity index (χ3n) is 3.86. The molecule has 4 nitrogen and oxygen atoms in total. The van der Waals surface area contributed by atoms with E-state index in [0.717, 1.165) is 49.5 Å². The highest BCUT2D eigenvalue weighted by molar-refractivity contribution is 5.76. The zero-order chi connectivity index (χ0) is 15.2. The number of nitrogens with one attached hydrogen (secondary N) is 1. The van der Waals surface area contributed by atoms with E-state index in [4.69, 9.17) is 4.74 Å². The summed E-state index contributed by atoms with van der Waals surface area (Å²) in [6.07, 6.45) is 1.31. The van der Waals surface area contributed by atoms with E-state index in [2.05, 4.69) is 31.3 Å². The van der Waals surface area contributed by atoms with Crippen LogP contribution in [0.15, 0.2) is 12.1 Å². The molecule has 4 heteroatoms. The smallest absolute Gasteiger partial charge is 0.222 e. The van der Waals surface area contributed by atoms with E-state index in [1.807, 2.05) is 11.8 Å². The molecule has 0 unspecified atom stereocenters. The van der Waals surface area contributed by atoms with Crippen molar-refractivity contribution in [3.05, 3.63) is 28.8 Å². The number of hydrogen-bond donors (Lipinski definition) is 1. The lowest BCUT2D eigenvalue weighted by Crippen LogP contribution is -2.46. The van der Waals surface area contributed by atoms with Gasteiger partial charge in [0.05, 0.1) is 6.61 Å². The van der Waals surface area contributed by atoms with Crippen LogP contribution in [0.5, 0.6) is 5.75 Å². The second kappa shape index (κ2) is 7.46. The molecule has 1 N–H and O–H groups in total. The third-order valence-corrected chi connectivity index (χ3v) is 3.86. The summed E-state index contributed by atoms with van der Waals surface area (Å²) >= 11 is 0. The van der Waals surface area contributed by atoms with E-state index >= 15 is 0 Å². The van der Waals surface area contributed by atoms with Gasteiger partial charge in [0.25, 0.3) is 0 Å². The van der Waals surface area contributed by atoms with Gasteiger partial charge in [0.1, 0.15) is 5.75 Å². The van der Waals surface area contributed by atoms with Gasteiger partial charge in [0.15, 0.2) is 0 Å². The van der Waals surface area contributed by atoms with Crippen LogP contribution in [0.25, 0.3) is 0 Å². The van der Waals surface area contributed by atoms with Crippen LogP contribution < -0.4 is 10.1 Å². The zero-order valence-corrected chi connectivity index (χ0v) is 13.4. The van der Waals surface area contributed by atoms with Crippen LogP contribution in [0.1, 0.15) is 30.0 Å². The van der Waals surface area contributed by atoms with Crippen LogP contribution in [-0.4, -0.2) is 43.6 Å². The van der Waals surface area contributed by atoms with E-state index in [0.29, 0.717) is 13.0 Å². The second-order valence-corrected chi connectivity index (χ2v) is 5.63. The molecule has 1 heterocycles. The number of benzene rings is 1. The number of rotatable bonds is 5. The second-order valence-electron chi connectivity index (χ2n) is 5.63. The molecule has 0 atom stereocenters. The summed E-state index contributed by atoms with van der Waals surface area (Å²) in [4.78, 5) is 14.2. The third kappa shape index (κ3) is 4.21. The first-order valence-corrected chi connectivity index (χ1v) is 7.83. The average Bonchev–Trinajstić information content (AvgIpc) is 2.48. The van der Waals surface area contributed by atoms with Gasteiger partial charge < -0.3 is 15.0 Å². The van der Waals surface area contributed by atoms with Crippen molar-refractivity contribution in [3.8, 4) is 5.75 Å². The van der Waals surface area contributed by atoms with E-state index < -0.39 is 0 Å². The molecule has 1 fully saturated rings. The molecule has 0 aromatic heterocycles. The Bertz CT molecular complexity index is 494. The Morgan fingerprint density at radius 2 is 2.00 bits per heavy atom. The predicted octanol–water partition coefficient (Wildman–Crippen LogP) is 2.07. The van der Waals surface area contributed by atoms with Crippen LogP contribution in [0, 0.1) is 13.8 Å². The van der Waals surface area contributed by atoms with E-state index in [9.17, 15) is 4.79 Å². The van der Waals surface area contributed by atoms with Crippen molar-refractivity contribution in [1.29, 1.82) is 0 Å². The Hall–Kier alpha value is -1.55. The molecule has 0 radical (unpaired) electrons. The van der Waals surface area contributed by atoms with Gasteiger partial charge in [-0.3, -0.25) is 4.79 Å². The maximum absolute atomic E-state index is 12.3. The molecule has 1 saturated heterocycles. The number of carbonyl (C=O) groups excluding carboxylic acids is 1. The topological polar surface area (TPSA) is 41.6 Å². The van der Waals surface area contributed by atoms with Crippen molar-refractivity contribution in [3.63, 3.8) is 0 Å². The minimum Gasteiger partial charge on any atom is -0.493 e. The van der Waals surface area contributed by atoms with Crippen molar-refractivity contribution in [2.24, 2.45) is 0 Å². The molecule has 1 amide bonds. The number of aryl methyl sites for hydroxylation is 3. The zero-order valence-electron chi connectivity index (χ0n) is 13.4. The standard InChI is InChI=1S/C17H26N2O2/c1-4-21-17-14(3)11-13(2)12-15(17)5-6-16(20)19-9-7-18-8-10-19/h11-12,18H,4-10H2,1-3H3. The van der Waals surface area contributed by atoms with Crippen molar-refractivity contribution in [1.82, 2.24) is 10.2 Å². The highest BCUT2D eigenvalue weighted by Crippen LogP contribution is 2.26. The van der Waals surface area contributed by atoms with E-state index in [-0.39, 0.29) is 5.91 Å². The van der Waals surface area contributed by atoms with E-state index in [1.54, 1.807) is 0 Å². The maximum Gasteiger partial charge on any atom is 0.222 e. The van der Waals surface area contributed by atoms with Crippen LogP contribution in [0.3, 0.4) is 0 Å². The quantitative estimate of drug-likeness (QED) is 0.902. The first-order valence-electron chi connectivity index (χ1n) is 7.83. The van der Waals surface area contributed by atoms with Crippen LogP contribution >= 0.6 is 0 Å². The molecule has 21 heavy (non-hydrogen) atoms. The SMILES string of the molecule is CCOc1c(C)cc(C)cc1CCC(=O)N1CCNCC1. The highest BCUT2D eigenvalue weighted by Gasteiger charge is 2.17. The van der Waals surface area contributed by atoms with Gasteiger partial charge in [-0.25, -0.2) is 0 Å². The molecule has 2 rings (SSSR count). The normalized spacial score (nSPS) is 15.1. The monoisotopic (exact) mass is 290 g/mol. The number of nitrogens with zero attached hydrogens (tertiary/aromatic N) is 1. The van der Waals surface area contributed by atoms with Gasteiger partial charge in [-0.05, 0) is 38.3 Å². The molecule has 0 bridgehead atoms. The van der Waals surface area contributed by atoms with Gasteiger partial charge in [0.2, 0.25) is 5.91 Å². The van der Waals surface area contributed by atoms with Gasteiger partial charge in [-0.15, -0.1) is 0 Å². The Morgan fingerprint density at radius 1 is 1.29 bits per heavy atom. The van der Waals surface area contributed by atoms with E-state index in [1.165, 1.54) is 5.56 Å². The van der Waals surface area contributed by atoms with Crippen molar-refractivity contribution >= 4 is 5.91 Å². The minimum absolute atomic E-state index is 0.248. The molecule has 116 valence electrons. The summed E-state index contributed by atoms with van der Waals surface area (Å²) in [5, 5.41) is 3.27. The Kier molecular flexibility index (Phi) is 5.62. The summed E-state index contributed by atoms with van der Waals surface area (Å²) in [7, 11) is 0. The fourth-order valence-corrected chi connectivity index (χ4v) is 2.89. The van der Waals surface area contributed by atoms with Crippen LogP contribution in [-0.2, 0) is 11.2 Å². The van der Waals surface area contributed by atoms with Gasteiger partial charge in [-0.1, -0.05) is 17.7 Å². The molecule has 1 aliphatic rings. The number of ether oxygens (including phenoxy) is 1. The Morgan fingerprint density at radius 3 is 2.67 bits per heavy atom. The molecule has 0 spiro atoms. The molecule has 0 aliphatic carbocycles. The molecule has 1 aromatic rings. The Balaban J connectivity index is 2.03. The minimum atomic E-state index is 0.248. The summed E-state index contributed by atoms with van der Waals surface area (Å²) < 4.78 is 5.77. The first-order chi connectivity index (χ1) is 10.1. The summed E-state index contributed by atoms with van der Waals surface area (Å²) in [5.74, 6) is 1.20. The largest absolute Gasteiger partial charge is 0.493 e. The summed E-state index contributed by atoms with van der Waals surface area (Å²) in [5.41, 5.74) is 3.53. The highest BCUT2D eigenvalue weighted by atomic mass is 16.5. The molecular formula is C17H26N2O2. The van der Waals surface area contributed by atoms with Gasteiger partial charge in [0, 0.05) is 32.6 Å². The number of hydrogen-bond acceptors (Lipinski definition) is 3. The lowest BCUT2D eigenvalue weighted by molar-refractivity contribution is -0.131. The molecule has 1 aromatic carbocycles. The molecule has 0 saturated carbocycles. The maximum atomic E-state index is 12.3. The fourth-order valence-electron chi connectivity index (χ4n) is 2.89. The lowest BCUT2D eigenvalue weighted by atomic mass is 10.0. The van der Waals surface area contributed by atoms with Crippen LogP contribution in [0.2, 0.25) is 0 Å². The predicted molar refractivity (Wildman–Crippen MR) is 84.9 cm³/mol. The summed E-state index contributed by atoms with van der Waals surface area (Å²) in [6.45, 7) is 10.3. The van der Waals surface area contributed by atoms with Crippen molar-refractivity contribution in [2.75, 3.05) is 32.8 Å². The van der Waals surface area contributed by atoms with Crippen LogP contribution in [0.4, 0.5) is 0 Å². The number of amides is 1. The Labute approximate surface area is 127 Å². The van der Waals surface area contributed by atoms with Gasteiger partial charge in [-0.2, -0.15) is 0 Å². The number of piperazine rings is 1. The average molecular weight is 290 g/mol. The lowest BCUT2D eigenvalue weighted by Gasteiger charge is -2.27. The molecule has 1 aliphatic heterocycles. The first kappa shape index (κ1) is 15.8. The molecular weight excluding hydrogens is 264 g/mol. The van der Waals surface area contributed by atoms with Crippen molar-refractivity contribution in [2.45, 2.75) is 33.6 Å². The summed E-state index contributed by atoms with van der Waals surface area (Å²) in [6, 6.07) is 4.27. The fraction of sp³-hybridized carbons (Fsp3) is 0.588. The van der Waals surface area contributed by atoms with Crippen molar-refractivity contribution < 1.29 is 9.53 Å². The number of carbonyl (C=O) groups is 1.